The number of carbonyl (C=O) groups is 1. The Labute approximate surface area is 126 Å². The lowest BCUT2D eigenvalue weighted by atomic mass is 9.89. The monoisotopic (exact) mass is 301 g/mol. The van der Waals surface area contributed by atoms with Crippen molar-refractivity contribution in [3.63, 3.8) is 0 Å². The summed E-state index contributed by atoms with van der Waals surface area (Å²) in [5.74, 6) is 1.13. The van der Waals surface area contributed by atoms with Crippen molar-refractivity contribution < 1.29 is 4.79 Å². The van der Waals surface area contributed by atoms with Gasteiger partial charge in [0.15, 0.2) is 5.78 Å². The zero-order chi connectivity index (χ0) is 12.8. The highest BCUT2D eigenvalue weighted by Gasteiger charge is 2.13. The van der Waals surface area contributed by atoms with E-state index in [0.29, 0.717) is 6.42 Å². The highest BCUT2D eigenvalue weighted by Crippen LogP contribution is 2.22. The van der Waals surface area contributed by atoms with Gasteiger partial charge in [0.05, 0.1) is 4.88 Å². The zero-order valence-electron chi connectivity index (χ0n) is 11.6. The third-order valence-corrected chi connectivity index (χ3v) is 4.78. The van der Waals surface area contributed by atoms with Crippen LogP contribution < -0.4 is 5.32 Å². The van der Waals surface area contributed by atoms with E-state index < -0.39 is 0 Å². The van der Waals surface area contributed by atoms with Crippen molar-refractivity contribution in [2.24, 2.45) is 5.92 Å². The van der Waals surface area contributed by atoms with Crippen molar-refractivity contribution in [2.45, 2.75) is 45.4 Å². The number of thiophene rings is 1. The summed E-state index contributed by atoms with van der Waals surface area (Å²) in [4.78, 5) is 12.8. The molecular weight excluding hydrogens is 278 g/mol. The molecule has 1 aromatic heterocycles. The van der Waals surface area contributed by atoms with E-state index in [1.165, 1.54) is 37.7 Å². The summed E-state index contributed by atoms with van der Waals surface area (Å²) in [6, 6.07) is 1.99. The third kappa shape index (κ3) is 5.64. The number of aryl methyl sites for hydroxylation is 1. The maximum absolute atomic E-state index is 11.9. The molecule has 1 aromatic rings. The summed E-state index contributed by atoms with van der Waals surface area (Å²) in [6.07, 6.45) is 7.55. The molecule has 0 radical (unpaired) electrons. The minimum Gasteiger partial charge on any atom is -0.316 e. The van der Waals surface area contributed by atoms with Crippen LogP contribution in [0.25, 0.3) is 0 Å². The van der Waals surface area contributed by atoms with Gasteiger partial charge in [0.2, 0.25) is 0 Å². The molecule has 1 saturated carbocycles. The van der Waals surface area contributed by atoms with Gasteiger partial charge in [0.25, 0.3) is 0 Å². The number of carbonyl (C=O) groups excluding carboxylic acids is 1. The Morgan fingerprint density at radius 1 is 1.37 bits per heavy atom. The van der Waals surface area contributed by atoms with E-state index in [1.54, 1.807) is 11.3 Å². The van der Waals surface area contributed by atoms with E-state index in [0.717, 1.165) is 23.9 Å². The molecule has 0 amide bonds. The summed E-state index contributed by atoms with van der Waals surface area (Å²) < 4.78 is 0. The topological polar surface area (TPSA) is 29.1 Å². The number of halogens is 1. The van der Waals surface area contributed by atoms with Gasteiger partial charge >= 0.3 is 0 Å². The molecule has 0 saturated heterocycles. The van der Waals surface area contributed by atoms with Crippen molar-refractivity contribution in [3.8, 4) is 0 Å². The van der Waals surface area contributed by atoms with Crippen molar-refractivity contribution in [3.05, 3.63) is 21.9 Å². The number of ketones is 1. The lowest BCUT2D eigenvalue weighted by Crippen LogP contribution is -2.26. The van der Waals surface area contributed by atoms with Gasteiger partial charge < -0.3 is 5.32 Å². The standard InChI is InChI=1S/C15H23NOS.ClH/c1-12-9-15(18-11-12)14(17)7-8-16-10-13-5-3-2-4-6-13;/h9,11,13,16H,2-8,10H2,1H3;1H. The molecule has 1 heterocycles. The lowest BCUT2D eigenvalue weighted by molar-refractivity contribution is 0.0986. The fourth-order valence-electron chi connectivity index (χ4n) is 2.60. The molecule has 0 aromatic carbocycles. The number of rotatable bonds is 6. The lowest BCUT2D eigenvalue weighted by Gasteiger charge is -2.21. The van der Waals surface area contributed by atoms with Crippen molar-refractivity contribution in [1.82, 2.24) is 5.32 Å². The molecule has 2 nitrogen and oxygen atoms in total. The van der Waals surface area contributed by atoms with Gasteiger partial charge in [-0.3, -0.25) is 4.79 Å². The van der Waals surface area contributed by atoms with Crippen LogP contribution in [0.3, 0.4) is 0 Å². The summed E-state index contributed by atoms with van der Waals surface area (Å²) in [7, 11) is 0. The van der Waals surface area contributed by atoms with Gasteiger partial charge in [0.1, 0.15) is 0 Å². The summed E-state index contributed by atoms with van der Waals surface area (Å²) in [5.41, 5.74) is 1.19. The first-order valence-corrected chi connectivity index (χ1v) is 7.93. The Balaban J connectivity index is 0.00000180. The van der Waals surface area contributed by atoms with E-state index in [1.807, 2.05) is 18.4 Å². The second-order valence-electron chi connectivity index (χ2n) is 5.37. The largest absolute Gasteiger partial charge is 0.316 e. The van der Waals surface area contributed by atoms with Crippen LogP contribution in [0.15, 0.2) is 11.4 Å². The summed E-state index contributed by atoms with van der Waals surface area (Å²) in [5, 5.41) is 5.49. The van der Waals surface area contributed by atoms with Crippen molar-refractivity contribution in [1.29, 1.82) is 0 Å². The molecule has 19 heavy (non-hydrogen) atoms. The van der Waals surface area contributed by atoms with Gasteiger partial charge in [-0.25, -0.2) is 0 Å². The Hall–Kier alpha value is -0.380. The average Bonchev–Trinajstić information content (AvgIpc) is 2.82. The number of hydrogen-bond acceptors (Lipinski definition) is 3. The fourth-order valence-corrected chi connectivity index (χ4v) is 3.47. The minimum absolute atomic E-state index is 0. The second-order valence-corrected chi connectivity index (χ2v) is 6.28. The molecule has 0 aliphatic heterocycles. The third-order valence-electron chi connectivity index (χ3n) is 3.69. The molecule has 108 valence electrons. The maximum atomic E-state index is 11.9. The SMILES string of the molecule is Cc1csc(C(=O)CCNCC2CCCCC2)c1.Cl. The Bertz CT molecular complexity index is 385. The molecule has 1 aliphatic rings. The van der Waals surface area contributed by atoms with Gasteiger partial charge in [-0.05, 0) is 49.2 Å². The predicted octanol–water partition coefficient (Wildman–Crippen LogP) is 4.22. The summed E-state index contributed by atoms with van der Waals surface area (Å²) >= 11 is 1.57. The van der Waals surface area contributed by atoms with Crippen LogP contribution in [0.2, 0.25) is 0 Å². The predicted molar refractivity (Wildman–Crippen MR) is 84.7 cm³/mol. The van der Waals surface area contributed by atoms with Gasteiger partial charge in [-0.1, -0.05) is 19.3 Å². The second kappa shape index (κ2) is 8.72. The molecule has 1 fully saturated rings. The molecule has 1 aliphatic carbocycles. The van der Waals surface area contributed by atoms with E-state index in [-0.39, 0.29) is 18.2 Å². The maximum Gasteiger partial charge on any atom is 0.174 e. The number of hydrogen-bond donors (Lipinski definition) is 1. The number of Topliss-reactive ketones (excluding diaryl/α,β-unsaturated/α-hetero) is 1. The van der Waals surface area contributed by atoms with Gasteiger partial charge in [-0.2, -0.15) is 0 Å². The van der Waals surface area contributed by atoms with Crippen molar-refractivity contribution in [2.75, 3.05) is 13.1 Å². The Morgan fingerprint density at radius 2 is 2.11 bits per heavy atom. The highest BCUT2D eigenvalue weighted by molar-refractivity contribution is 7.12. The Morgan fingerprint density at radius 3 is 2.74 bits per heavy atom. The molecule has 0 atom stereocenters. The zero-order valence-corrected chi connectivity index (χ0v) is 13.2. The van der Waals surface area contributed by atoms with Crippen LogP contribution >= 0.6 is 23.7 Å². The van der Waals surface area contributed by atoms with E-state index in [4.69, 9.17) is 0 Å². The Kier molecular flexibility index (Phi) is 7.66. The van der Waals surface area contributed by atoms with Gasteiger partial charge in [0, 0.05) is 13.0 Å². The average molecular weight is 302 g/mol. The van der Waals surface area contributed by atoms with E-state index in [2.05, 4.69) is 5.32 Å². The summed E-state index contributed by atoms with van der Waals surface area (Å²) in [6.45, 7) is 3.96. The fraction of sp³-hybridized carbons (Fsp3) is 0.667. The smallest absolute Gasteiger partial charge is 0.174 e. The molecule has 4 heteroatoms. The van der Waals surface area contributed by atoms with Crippen LogP contribution in [0.4, 0.5) is 0 Å². The molecule has 0 spiro atoms. The first-order chi connectivity index (χ1) is 8.75. The molecule has 0 bridgehead atoms. The molecular formula is C15H24ClNOS. The van der Waals surface area contributed by atoms with Crippen LogP contribution in [0, 0.1) is 12.8 Å². The van der Waals surface area contributed by atoms with Crippen LogP contribution in [0.1, 0.15) is 53.8 Å². The van der Waals surface area contributed by atoms with Crippen LogP contribution in [-0.4, -0.2) is 18.9 Å². The van der Waals surface area contributed by atoms with Crippen molar-refractivity contribution >= 4 is 29.5 Å². The van der Waals surface area contributed by atoms with E-state index in [9.17, 15) is 4.79 Å². The molecule has 1 N–H and O–H groups in total. The number of nitrogens with one attached hydrogen (secondary N) is 1. The first kappa shape index (κ1) is 16.7. The molecule has 0 unspecified atom stereocenters. The first-order valence-electron chi connectivity index (χ1n) is 7.05. The highest BCUT2D eigenvalue weighted by atomic mass is 35.5. The quantitative estimate of drug-likeness (QED) is 0.629. The van der Waals surface area contributed by atoms with Crippen LogP contribution in [-0.2, 0) is 0 Å². The molecule has 2 rings (SSSR count). The minimum atomic E-state index is 0. The normalized spacial score (nSPS) is 16.1. The van der Waals surface area contributed by atoms with Crippen LogP contribution in [0.5, 0.6) is 0 Å². The van der Waals surface area contributed by atoms with Gasteiger partial charge in [-0.15, -0.1) is 23.7 Å². The van der Waals surface area contributed by atoms with E-state index >= 15 is 0 Å².